The number of fused-ring (bicyclic) bond motifs is 1. The maximum absolute atomic E-state index is 12.8. The summed E-state index contributed by atoms with van der Waals surface area (Å²) >= 11 is 0.864. The molecule has 0 radical (unpaired) electrons. The molecule has 2 heterocycles. The minimum atomic E-state index is -4.56. The Morgan fingerprint density at radius 3 is 2.42 bits per heavy atom. The van der Waals surface area contributed by atoms with Crippen molar-refractivity contribution >= 4 is 37.5 Å². The number of thiophene rings is 1. The second-order valence-electron chi connectivity index (χ2n) is 6.54. The molecule has 0 aromatic carbocycles. The average Bonchev–Trinajstić information content (AvgIpc) is 2.78. The predicted molar refractivity (Wildman–Crippen MR) is 93.8 cm³/mol. The molecule has 0 saturated heterocycles. The third-order valence-electron chi connectivity index (χ3n) is 3.45. The number of pyridine rings is 1. The highest BCUT2D eigenvalue weighted by Crippen LogP contribution is 2.34. The van der Waals surface area contributed by atoms with E-state index in [4.69, 9.17) is 0 Å². The molecule has 26 heavy (non-hydrogen) atoms. The highest BCUT2D eigenvalue weighted by atomic mass is 32.2. The zero-order valence-corrected chi connectivity index (χ0v) is 16.1. The lowest BCUT2D eigenvalue weighted by Crippen LogP contribution is -2.50. The van der Waals surface area contributed by atoms with E-state index in [9.17, 15) is 26.4 Å². The largest absolute Gasteiger partial charge is 0.433 e. The Kier molecular flexibility index (Phi) is 5.37. The number of alkyl halides is 3. The second-order valence-corrected chi connectivity index (χ2v) is 9.29. The van der Waals surface area contributed by atoms with Crippen LogP contribution in [0.4, 0.5) is 13.2 Å². The van der Waals surface area contributed by atoms with Gasteiger partial charge < -0.3 is 5.32 Å². The Bertz CT molecular complexity index is 950. The summed E-state index contributed by atoms with van der Waals surface area (Å²) in [6.07, 6.45) is -3.55. The van der Waals surface area contributed by atoms with Gasteiger partial charge >= 0.3 is 6.18 Å². The fourth-order valence-corrected chi connectivity index (χ4v) is 4.57. The normalized spacial score (nSPS) is 13.2. The second kappa shape index (κ2) is 6.78. The third-order valence-corrected chi connectivity index (χ3v) is 5.58. The molecule has 0 unspecified atom stereocenters. The van der Waals surface area contributed by atoms with Crippen molar-refractivity contribution in [3.05, 3.63) is 28.3 Å². The zero-order valence-electron chi connectivity index (χ0n) is 14.5. The fourth-order valence-electron chi connectivity index (χ4n) is 2.39. The summed E-state index contributed by atoms with van der Waals surface area (Å²) in [5.74, 6) is -0.498. The number of aromatic nitrogens is 1. The maximum atomic E-state index is 12.8. The first-order valence-electron chi connectivity index (χ1n) is 7.44. The molecular formula is C15H18F3N3O3S2. The van der Waals surface area contributed by atoms with Crippen LogP contribution in [0.25, 0.3) is 10.2 Å². The van der Waals surface area contributed by atoms with E-state index in [1.54, 1.807) is 20.8 Å². The summed E-state index contributed by atoms with van der Waals surface area (Å²) in [4.78, 5) is 16.4. The molecule has 2 aromatic rings. The molecule has 0 fully saturated rings. The SMILES string of the molecule is Cc1c(C(=O)NCC(C)(C)NS(C)(=O)=O)sc2nc(C(F)(F)F)ccc12. The average molecular weight is 409 g/mol. The van der Waals surface area contributed by atoms with Crippen molar-refractivity contribution in [1.29, 1.82) is 0 Å². The minimum absolute atomic E-state index is 0.00776. The number of hydrogen-bond acceptors (Lipinski definition) is 5. The van der Waals surface area contributed by atoms with Crippen molar-refractivity contribution in [3.63, 3.8) is 0 Å². The molecule has 0 saturated carbocycles. The Hall–Kier alpha value is -1.72. The van der Waals surface area contributed by atoms with E-state index in [1.165, 1.54) is 6.07 Å². The molecule has 11 heteroatoms. The molecule has 1 amide bonds. The summed E-state index contributed by atoms with van der Waals surface area (Å²) in [5.41, 5.74) is -1.41. The van der Waals surface area contributed by atoms with Crippen molar-refractivity contribution in [2.24, 2.45) is 0 Å². The van der Waals surface area contributed by atoms with Gasteiger partial charge in [-0.25, -0.2) is 18.1 Å². The number of nitrogens with one attached hydrogen (secondary N) is 2. The number of sulfonamides is 1. The molecule has 2 aromatic heterocycles. The van der Waals surface area contributed by atoms with E-state index in [2.05, 4.69) is 15.0 Å². The number of amides is 1. The van der Waals surface area contributed by atoms with Crippen molar-refractivity contribution < 1.29 is 26.4 Å². The highest BCUT2D eigenvalue weighted by molar-refractivity contribution is 7.88. The van der Waals surface area contributed by atoms with Gasteiger partial charge in [-0.3, -0.25) is 4.79 Å². The van der Waals surface area contributed by atoms with Crippen LogP contribution < -0.4 is 10.0 Å². The highest BCUT2D eigenvalue weighted by Gasteiger charge is 2.33. The van der Waals surface area contributed by atoms with E-state index in [0.29, 0.717) is 10.9 Å². The van der Waals surface area contributed by atoms with Gasteiger partial charge in [-0.1, -0.05) is 0 Å². The topological polar surface area (TPSA) is 88.2 Å². The van der Waals surface area contributed by atoms with E-state index in [-0.39, 0.29) is 16.3 Å². The zero-order chi connectivity index (χ0) is 19.9. The molecule has 0 spiro atoms. The van der Waals surface area contributed by atoms with Crippen molar-refractivity contribution in [2.75, 3.05) is 12.8 Å². The molecule has 0 bridgehead atoms. The number of nitrogens with zero attached hydrogens (tertiary/aromatic N) is 1. The molecule has 0 atom stereocenters. The van der Waals surface area contributed by atoms with Gasteiger partial charge in [0.1, 0.15) is 10.5 Å². The van der Waals surface area contributed by atoms with Crippen LogP contribution in [0.15, 0.2) is 12.1 Å². The summed E-state index contributed by atoms with van der Waals surface area (Å²) in [6.45, 7) is 4.84. The van der Waals surface area contributed by atoms with Gasteiger partial charge in [0.05, 0.1) is 11.1 Å². The fraction of sp³-hybridized carbons (Fsp3) is 0.467. The third kappa shape index (κ3) is 4.92. The van der Waals surface area contributed by atoms with Crippen molar-refractivity contribution in [3.8, 4) is 0 Å². The van der Waals surface area contributed by atoms with Gasteiger partial charge in [0, 0.05) is 17.5 Å². The van der Waals surface area contributed by atoms with Crippen LogP contribution in [0, 0.1) is 6.92 Å². The van der Waals surface area contributed by atoms with Crippen LogP contribution in [0.2, 0.25) is 0 Å². The molecule has 2 N–H and O–H groups in total. The quantitative estimate of drug-likeness (QED) is 0.795. The molecular weight excluding hydrogens is 391 g/mol. The Morgan fingerprint density at radius 2 is 1.88 bits per heavy atom. The van der Waals surface area contributed by atoms with Gasteiger partial charge in [0.2, 0.25) is 10.0 Å². The van der Waals surface area contributed by atoms with Gasteiger partial charge in [-0.15, -0.1) is 11.3 Å². The van der Waals surface area contributed by atoms with E-state index in [0.717, 1.165) is 23.7 Å². The monoisotopic (exact) mass is 409 g/mol. The first-order chi connectivity index (χ1) is 11.7. The first-order valence-corrected chi connectivity index (χ1v) is 10.1. The van der Waals surface area contributed by atoms with Gasteiger partial charge in [0.15, 0.2) is 0 Å². The van der Waals surface area contributed by atoms with Crippen molar-refractivity contribution in [2.45, 2.75) is 32.5 Å². The van der Waals surface area contributed by atoms with Crippen LogP contribution in [-0.2, 0) is 16.2 Å². The van der Waals surface area contributed by atoms with Crippen LogP contribution in [0.5, 0.6) is 0 Å². The first kappa shape index (κ1) is 20.6. The number of rotatable bonds is 5. The molecule has 0 aliphatic heterocycles. The molecule has 2 rings (SSSR count). The van der Waals surface area contributed by atoms with E-state index >= 15 is 0 Å². The summed E-state index contributed by atoms with van der Waals surface area (Å²) in [5, 5.41) is 3.08. The van der Waals surface area contributed by atoms with Crippen LogP contribution in [0.3, 0.4) is 0 Å². The Balaban J connectivity index is 2.24. The number of carbonyl (C=O) groups excluding carboxylic acids is 1. The molecule has 0 aliphatic carbocycles. The van der Waals surface area contributed by atoms with Gasteiger partial charge in [-0.05, 0) is 38.5 Å². The molecule has 6 nitrogen and oxygen atoms in total. The van der Waals surface area contributed by atoms with E-state index < -0.39 is 33.3 Å². The summed E-state index contributed by atoms with van der Waals surface area (Å²) < 4.78 is 63.4. The number of hydrogen-bond donors (Lipinski definition) is 2. The Labute approximate surface area is 152 Å². The lowest BCUT2D eigenvalue weighted by Gasteiger charge is -2.25. The van der Waals surface area contributed by atoms with Crippen LogP contribution in [-0.4, -0.2) is 37.6 Å². The smallest absolute Gasteiger partial charge is 0.349 e. The lowest BCUT2D eigenvalue weighted by atomic mass is 10.1. The minimum Gasteiger partial charge on any atom is -0.349 e. The lowest BCUT2D eigenvalue weighted by molar-refractivity contribution is -0.140. The molecule has 0 aliphatic rings. The summed E-state index contributed by atoms with van der Waals surface area (Å²) in [7, 11) is -3.46. The van der Waals surface area contributed by atoms with Gasteiger partial charge in [-0.2, -0.15) is 13.2 Å². The standard InChI is InChI=1S/C15H18F3N3O3S2/c1-8-9-5-6-10(15(16,17)18)20-13(9)25-11(8)12(22)19-7-14(2,3)21-26(4,23)24/h5-6,21H,7H2,1-4H3,(H,19,22). The van der Waals surface area contributed by atoms with Gasteiger partial charge in [0.25, 0.3) is 5.91 Å². The Morgan fingerprint density at radius 1 is 1.27 bits per heavy atom. The van der Waals surface area contributed by atoms with E-state index in [1.807, 2.05) is 0 Å². The number of carbonyl (C=O) groups is 1. The predicted octanol–water partition coefficient (Wildman–Crippen LogP) is 2.68. The molecule has 144 valence electrons. The number of aryl methyl sites for hydroxylation is 1. The summed E-state index contributed by atoms with van der Waals surface area (Å²) in [6, 6.07) is 2.17. The van der Waals surface area contributed by atoms with Crippen LogP contribution >= 0.6 is 11.3 Å². The maximum Gasteiger partial charge on any atom is 0.433 e. The van der Waals surface area contributed by atoms with Crippen LogP contribution in [0.1, 0.15) is 34.8 Å². The number of halogens is 3. The van der Waals surface area contributed by atoms with Crippen molar-refractivity contribution in [1.82, 2.24) is 15.0 Å².